The fraction of sp³-hybridized carbons (Fsp3) is 0.133. The molecule has 2 nitrogen and oxygen atoms in total. The van der Waals surface area contributed by atoms with Crippen molar-refractivity contribution in [2.75, 3.05) is 5.32 Å². The van der Waals surface area contributed by atoms with Crippen molar-refractivity contribution >= 4 is 27.2 Å². The van der Waals surface area contributed by atoms with E-state index >= 15 is 0 Å². The molecule has 3 rings (SSSR count). The summed E-state index contributed by atoms with van der Waals surface area (Å²) in [5.41, 5.74) is 2.89. The lowest BCUT2D eigenvalue weighted by molar-refractivity contribution is 0.628. The Hall–Kier alpha value is -1.94. The molecule has 0 saturated carbocycles. The number of hydrogen-bond acceptors (Lipinski definition) is 3. The van der Waals surface area contributed by atoms with Crippen molar-refractivity contribution in [3.63, 3.8) is 0 Å². The normalized spacial score (nSPS) is 12.5. The number of pyridine rings is 1. The van der Waals surface area contributed by atoms with Gasteiger partial charge in [0, 0.05) is 11.9 Å². The first kappa shape index (κ1) is 12.1. The molecule has 0 aliphatic carbocycles. The number of halogens is 1. The van der Waals surface area contributed by atoms with Crippen LogP contribution in [-0.2, 0) is 0 Å². The quantitative estimate of drug-likeness (QED) is 0.753. The molecule has 0 amide bonds. The summed E-state index contributed by atoms with van der Waals surface area (Å²) >= 11 is 1.68. The number of rotatable bonds is 3. The van der Waals surface area contributed by atoms with Gasteiger partial charge in [-0.2, -0.15) is 0 Å². The van der Waals surface area contributed by atoms with Gasteiger partial charge in [-0.25, -0.2) is 4.39 Å². The number of benzene rings is 1. The lowest BCUT2D eigenvalue weighted by Gasteiger charge is -2.15. The van der Waals surface area contributed by atoms with E-state index in [1.54, 1.807) is 17.4 Å². The summed E-state index contributed by atoms with van der Waals surface area (Å²) in [6.07, 6.45) is 1.87. The SMILES string of the molecule is CC(Nc1cccc(F)c1)c1cnc2ccsc2c1. The first-order valence-electron chi connectivity index (χ1n) is 6.07. The van der Waals surface area contributed by atoms with Crippen molar-refractivity contribution < 1.29 is 4.39 Å². The summed E-state index contributed by atoms with van der Waals surface area (Å²) in [5, 5.41) is 5.31. The Balaban J connectivity index is 1.84. The van der Waals surface area contributed by atoms with Gasteiger partial charge in [0.2, 0.25) is 0 Å². The van der Waals surface area contributed by atoms with Crippen molar-refractivity contribution in [3.8, 4) is 0 Å². The monoisotopic (exact) mass is 272 g/mol. The van der Waals surface area contributed by atoms with E-state index in [4.69, 9.17) is 0 Å². The van der Waals surface area contributed by atoms with Gasteiger partial charge in [0.1, 0.15) is 5.82 Å². The van der Waals surface area contributed by atoms with E-state index < -0.39 is 0 Å². The van der Waals surface area contributed by atoms with Crippen LogP contribution in [0.4, 0.5) is 10.1 Å². The minimum Gasteiger partial charge on any atom is -0.378 e. The van der Waals surface area contributed by atoms with Crippen LogP contribution in [0.3, 0.4) is 0 Å². The molecule has 2 heterocycles. The smallest absolute Gasteiger partial charge is 0.125 e. The minimum absolute atomic E-state index is 0.0841. The molecule has 1 N–H and O–H groups in total. The maximum atomic E-state index is 13.1. The molecule has 1 unspecified atom stereocenters. The third-order valence-electron chi connectivity index (χ3n) is 3.03. The van der Waals surface area contributed by atoms with Crippen LogP contribution < -0.4 is 5.32 Å². The largest absolute Gasteiger partial charge is 0.378 e. The van der Waals surface area contributed by atoms with Crippen molar-refractivity contribution in [3.05, 3.63) is 59.4 Å². The lowest BCUT2D eigenvalue weighted by Crippen LogP contribution is -2.06. The number of aromatic nitrogens is 1. The van der Waals surface area contributed by atoms with E-state index in [1.807, 2.05) is 30.6 Å². The summed E-state index contributed by atoms with van der Waals surface area (Å²) in [5.74, 6) is -0.232. The summed E-state index contributed by atoms with van der Waals surface area (Å²) in [6.45, 7) is 2.04. The second kappa shape index (κ2) is 4.97. The molecule has 1 aromatic carbocycles. The molecule has 0 spiro atoms. The zero-order valence-corrected chi connectivity index (χ0v) is 11.2. The van der Waals surface area contributed by atoms with Gasteiger partial charge in [-0.1, -0.05) is 6.07 Å². The highest BCUT2D eigenvalue weighted by molar-refractivity contribution is 7.17. The van der Waals surface area contributed by atoms with E-state index in [-0.39, 0.29) is 11.9 Å². The molecule has 4 heteroatoms. The van der Waals surface area contributed by atoms with E-state index in [9.17, 15) is 4.39 Å². The van der Waals surface area contributed by atoms with Crippen LogP contribution in [0.25, 0.3) is 10.2 Å². The molecular formula is C15H13FN2S. The Morgan fingerprint density at radius 3 is 3.00 bits per heavy atom. The predicted molar refractivity (Wildman–Crippen MR) is 78.1 cm³/mol. The van der Waals surface area contributed by atoms with Crippen LogP contribution in [0.2, 0.25) is 0 Å². The molecule has 0 aliphatic heterocycles. The van der Waals surface area contributed by atoms with Crippen LogP contribution in [-0.4, -0.2) is 4.98 Å². The second-order valence-corrected chi connectivity index (χ2v) is 5.40. The first-order chi connectivity index (χ1) is 9.22. The highest BCUT2D eigenvalue weighted by atomic mass is 32.1. The summed E-state index contributed by atoms with van der Waals surface area (Å²) in [4.78, 5) is 4.42. The molecule has 2 aromatic heterocycles. The molecule has 3 aromatic rings. The summed E-state index contributed by atoms with van der Waals surface area (Å²) in [7, 11) is 0. The van der Waals surface area contributed by atoms with Gasteiger partial charge in [-0.15, -0.1) is 11.3 Å². The summed E-state index contributed by atoms with van der Waals surface area (Å²) < 4.78 is 14.3. The average Bonchev–Trinajstić information content (AvgIpc) is 2.85. The van der Waals surface area contributed by atoms with Crippen LogP contribution in [0.5, 0.6) is 0 Å². The number of anilines is 1. The molecule has 0 bridgehead atoms. The van der Waals surface area contributed by atoms with Crippen LogP contribution >= 0.6 is 11.3 Å². The number of hydrogen-bond donors (Lipinski definition) is 1. The number of nitrogens with zero attached hydrogens (tertiary/aromatic N) is 1. The molecule has 19 heavy (non-hydrogen) atoms. The number of nitrogens with one attached hydrogen (secondary N) is 1. The zero-order valence-electron chi connectivity index (χ0n) is 10.4. The Kier molecular flexibility index (Phi) is 3.17. The van der Waals surface area contributed by atoms with Crippen molar-refractivity contribution in [2.45, 2.75) is 13.0 Å². The second-order valence-electron chi connectivity index (χ2n) is 4.45. The van der Waals surface area contributed by atoms with Gasteiger partial charge in [0.15, 0.2) is 0 Å². The maximum Gasteiger partial charge on any atom is 0.125 e. The van der Waals surface area contributed by atoms with E-state index in [0.717, 1.165) is 16.8 Å². The third-order valence-corrected chi connectivity index (χ3v) is 3.88. The molecule has 0 radical (unpaired) electrons. The summed E-state index contributed by atoms with van der Waals surface area (Å²) in [6, 6.07) is 10.7. The van der Waals surface area contributed by atoms with E-state index in [1.165, 1.54) is 16.8 Å². The van der Waals surface area contributed by atoms with Crippen molar-refractivity contribution in [2.24, 2.45) is 0 Å². The van der Waals surface area contributed by atoms with Gasteiger partial charge in [0.25, 0.3) is 0 Å². The van der Waals surface area contributed by atoms with Crippen molar-refractivity contribution in [1.82, 2.24) is 4.98 Å². The van der Waals surface area contributed by atoms with Crippen LogP contribution in [0, 0.1) is 5.82 Å². The van der Waals surface area contributed by atoms with Gasteiger partial charge >= 0.3 is 0 Å². The Labute approximate surface area is 114 Å². The number of fused-ring (bicyclic) bond motifs is 1. The van der Waals surface area contributed by atoms with E-state index in [0.29, 0.717) is 0 Å². The Bertz CT molecular complexity index is 708. The average molecular weight is 272 g/mol. The van der Waals surface area contributed by atoms with Gasteiger partial charge < -0.3 is 5.32 Å². The van der Waals surface area contributed by atoms with Gasteiger partial charge in [-0.05, 0) is 48.2 Å². The highest BCUT2D eigenvalue weighted by Gasteiger charge is 2.08. The standard InChI is InChI=1S/C15H13FN2S/c1-10(18-13-4-2-3-12(16)8-13)11-7-15-14(17-9-11)5-6-19-15/h2-10,18H,1H3. The molecular weight excluding hydrogens is 259 g/mol. The zero-order chi connectivity index (χ0) is 13.2. The highest BCUT2D eigenvalue weighted by Crippen LogP contribution is 2.24. The van der Waals surface area contributed by atoms with Gasteiger partial charge in [-0.3, -0.25) is 4.98 Å². The maximum absolute atomic E-state index is 13.1. The molecule has 0 aliphatic rings. The lowest BCUT2D eigenvalue weighted by atomic mass is 10.1. The fourth-order valence-electron chi connectivity index (χ4n) is 2.01. The molecule has 96 valence electrons. The first-order valence-corrected chi connectivity index (χ1v) is 6.95. The molecule has 1 atom stereocenters. The molecule has 0 fully saturated rings. The van der Waals surface area contributed by atoms with Crippen LogP contribution in [0.1, 0.15) is 18.5 Å². The fourth-order valence-corrected chi connectivity index (χ4v) is 2.80. The minimum atomic E-state index is -0.232. The van der Waals surface area contributed by atoms with Crippen molar-refractivity contribution in [1.29, 1.82) is 0 Å². The Morgan fingerprint density at radius 2 is 2.16 bits per heavy atom. The third kappa shape index (κ3) is 2.58. The predicted octanol–water partition coefficient (Wildman–Crippen LogP) is 4.61. The van der Waals surface area contributed by atoms with E-state index in [2.05, 4.69) is 16.4 Å². The molecule has 0 saturated heterocycles. The van der Waals surface area contributed by atoms with Crippen LogP contribution in [0.15, 0.2) is 48.0 Å². The Morgan fingerprint density at radius 1 is 1.26 bits per heavy atom. The van der Waals surface area contributed by atoms with Gasteiger partial charge in [0.05, 0.1) is 16.3 Å². The number of thiophene rings is 1. The topological polar surface area (TPSA) is 24.9 Å².